The van der Waals surface area contributed by atoms with Crippen molar-refractivity contribution in [1.29, 1.82) is 1.43 Å². The van der Waals surface area contributed by atoms with Gasteiger partial charge in [0.05, 0.1) is 23.9 Å². The highest BCUT2D eigenvalue weighted by Gasteiger charge is 2.74. The zero-order chi connectivity index (χ0) is 37.7. The average Bonchev–Trinajstić information content (AvgIpc) is 3.49. The first-order chi connectivity index (χ1) is 24.0. The van der Waals surface area contributed by atoms with Gasteiger partial charge in [-0.25, -0.2) is 9.18 Å². The number of aliphatic hydroxyl groups excluding tert-OH is 1. The molecule has 12 atom stereocenters. The number of nitrogens with zero attached hydrogens (tertiary/aromatic N) is 1. The quantitative estimate of drug-likeness (QED) is 0.143. The molecule has 0 unspecified atom stereocenters. The van der Waals surface area contributed by atoms with Gasteiger partial charge < -0.3 is 39.2 Å². The summed E-state index contributed by atoms with van der Waals surface area (Å²) in [4.78, 5) is 31.5. The van der Waals surface area contributed by atoms with Crippen LogP contribution in [0.3, 0.4) is 0 Å². The maximum Gasteiger partial charge on any atom is 0.337 e. The highest BCUT2D eigenvalue weighted by molar-refractivity contribution is 14.2. The Morgan fingerprint density at radius 3 is 2.62 bits per heavy atom. The molecule has 2 bridgehead atoms. The fourth-order valence-electron chi connectivity index (χ4n) is 9.41. The van der Waals surface area contributed by atoms with E-state index in [9.17, 15) is 19.1 Å². The summed E-state index contributed by atoms with van der Waals surface area (Å²) in [7, 11) is 1.50. The molecule has 1 saturated carbocycles. The lowest BCUT2D eigenvalue weighted by Crippen LogP contribution is -2.76. The number of esters is 2. The number of rotatable bonds is 8. The second-order valence-electron chi connectivity index (χ2n) is 14.4. The van der Waals surface area contributed by atoms with Crippen LogP contribution in [0.4, 0.5) is 4.39 Å². The number of carbonyl (C=O) groups is 2. The van der Waals surface area contributed by atoms with Gasteiger partial charge in [0.25, 0.3) is 0 Å². The molecule has 1 aromatic rings. The Kier molecular flexibility index (Phi) is 11.1. The fourth-order valence-corrected chi connectivity index (χ4v) is 9.41. The molecule has 0 amide bonds. The highest BCUT2D eigenvalue weighted by atomic mass is 127. The van der Waals surface area contributed by atoms with Crippen molar-refractivity contribution in [2.45, 2.75) is 102 Å². The number of nitrogens with one attached hydrogen (secondary N) is 1. The number of hydrogen-bond donors (Lipinski definition) is 3. The number of likely N-dealkylation sites (N-methyl/N-ethyl adjacent to an activating group) is 1. The number of hydrogen-bond acceptors (Lipinski definition) is 12. The maximum absolute atomic E-state index is 14.8. The van der Waals surface area contributed by atoms with Crippen LogP contribution in [-0.2, 0) is 45.1 Å². The monoisotopic (exact) mass is 848 g/mol. The third-order valence-electron chi connectivity index (χ3n) is 11.7. The van der Waals surface area contributed by atoms with Gasteiger partial charge in [0.15, 0.2) is 18.0 Å². The average molecular weight is 849 g/mol. The van der Waals surface area contributed by atoms with E-state index >= 15 is 0 Å². The van der Waals surface area contributed by atoms with E-state index in [0.717, 1.165) is 5.00 Å². The number of aromatic nitrogens is 1. The van der Waals surface area contributed by atoms with Crippen molar-refractivity contribution in [3.05, 3.63) is 65.8 Å². The van der Waals surface area contributed by atoms with Gasteiger partial charge in [-0.1, -0.05) is 46.4 Å². The van der Waals surface area contributed by atoms with E-state index in [1.165, 1.54) is 32.3 Å². The molecule has 0 spiro atoms. The molecule has 5 aliphatic rings. The predicted octanol–water partition coefficient (Wildman–Crippen LogP) is 4.81. The molecule has 15 heteroatoms. The molecule has 11 nitrogen and oxygen atoms in total. The van der Waals surface area contributed by atoms with Crippen LogP contribution in [0.2, 0.25) is 0 Å². The van der Waals surface area contributed by atoms with Crippen molar-refractivity contribution < 1.29 is 47.9 Å². The van der Waals surface area contributed by atoms with E-state index in [4.69, 9.17) is 30.2 Å². The van der Waals surface area contributed by atoms with Crippen LogP contribution >= 0.6 is 27.0 Å². The molecule has 50 heavy (non-hydrogen) atoms. The molecule has 1 aromatic heterocycles. The van der Waals surface area contributed by atoms with Crippen LogP contribution in [0.1, 0.15) is 59.7 Å². The third-order valence-corrected chi connectivity index (χ3v) is 11.7. The summed E-state index contributed by atoms with van der Waals surface area (Å²) in [6.07, 6.45) is 1.60. The summed E-state index contributed by atoms with van der Waals surface area (Å²) >= 11 is 6.43. The molecule has 2 saturated heterocycles. The Balaban J connectivity index is 0.00000162. The van der Waals surface area contributed by atoms with E-state index in [-0.39, 0.29) is 18.7 Å². The number of halogens is 2. The van der Waals surface area contributed by atoms with Crippen molar-refractivity contribution >= 4 is 50.8 Å². The van der Waals surface area contributed by atoms with Crippen LogP contribution < -0.4 is 5.32 Å². The lowest BCUT2D eigenvalue weighted by Gasteiger charge is -2.66. The van der Waals surface area contributed by atoms with Gasteiger partial charge in [0.2, 0.25) is 1.43 Å². The standard InChI is InChI=1S/C35H45FN2O9.IPS/c1-9-23-45-28-24-17(2)21(44-31(41)27(40)26(37-8)25-20(36)11-10-14-38-25)15-35(42,32(24,5)6)18(3)29-33(7,30(28)46-23)13-12-22-34(29,16-43-22)47-19(4)39;1-2-3/h9-14,18,21-23,26-30,37,40,42H,1,15-16H2,2-8H3;/t18-,21-,22+,23+,26-,27+,28+,29-,30+,33+,34-,35+;/m0./s1/i40T;. The van der Waals surface area contributed by atoms with E-state index < -0.39 is 94.5 Å². The molecule has 274 valence electrons. The molecular formula is C35H45FIN2O9PS. The Labute approximate surface area is 313 Å². The number of carbonyl (C=O) groups excluding carboxylic acids is 2. The van der Waals surface area contributed by atoms with Gasteiger partial charge in [-0.3, -0.25) is 9.78 Å². The first-order valence-corrected chi connectivity index (χ1v) is 21.1. The van der Waals surface area contributed by atoms with E-state index in [1.807, 2.05) is 46.8 Å². The number of aliphatic hydroxyl groups is 2. The van der Waals surface area contributed by atoms with E-state index in [0.29, 0.717) is 11.1 Å². The summed E-state index contributed by atoms with van der Waals surface area (Å²) < 4.78 is 53.9. The molecular weight excluding hydrogens is 801 g/mol. The van der Waals surface area contributed by atoms with Crippen LogP contribution in [0.5, 0.6) is 0 Å². The van der Waals surface area contributed by atoms with Gasteiger partial charge in [-0.2, -0.15) is 0 Å². The van der Waals surface area contributed by atoms with Gasteiger partial charge in [-0.15, -0.1) is 0 Å². The molecule has 3 heterocycles. The normalized spacial score (nSPS) is 39.4. The Hall–Kier alpha value is -1.75. The summed E-state index contributed by atoms with van der Waals surface area (Å²) in [6, 6.07) is 1.48. The predicted molar refractivity (Wildman–Crippen MR) is 194 cm³/mol. The molecule has 6 rings (SSSR count). The molecule has 3 fully saturated rings. The van der Waals surface area contributed by atoms with Crippen LogP contribution in [0, 0.1) is 28.5 Å². The smallest absolute Gasteiger partial charge is 0.337 e. The second kappa shape index (κ2) is 14.6. The maximum atomic E-state index is 14.8. The number of pyridine rings is 1. The van der Waals surface area contributed by atoms with Gasteiger partial charge in [0, 0.05) is 41.3 Å². The van der Waals surface area contributed by atoms with Gasteiger partial charge in [-0.05, 0) is 83.1 Å². The third kappa shape index (κ3) is 6.13. The molecule has 0 aromatic carbocycles. The minimum absolute atomic E-state index is 0.0315. The Morgan fingerprint density at radius 2 is 2.06 bits per heavy atom. The molecule has 3 aliphatic carbocycles. The lowest BCUT2D eigenvalue weighted by molar-refractivity contribution is -0.306. The van der Waals surface area contributed by atoms with Crippen molar-refractivity contribution in [2.24, 2.45) is 22.7 Å². The lowest BCUT2D eigenvalue weighted by atomic mass is 9.44. The minimum Gasteiger partial charge on any atom is -0.456 e. The van der Waals surface area contributed by atoms with E-state index in [1.54, 1.807) is 6.08 Å². The minimum atomic E-state index is -1.60. The van der Waals surface area contributed by atoms with Crippen LogP contribution in [0.15, 0.2) is 54.3 Å². The molecule has 3 N–H and O–H groups in total. The van der Waals surface area contributed by atoms with Gasteiger partial charge in [0.1, 0.15) is 30.2 Å². The second-order valence-corrected chi connectivity index (χ2v) is 18.5. The molecule has 2 aliphatic heterocycles. The Morgan fingerprint density at radius 1 is 1.36 bits per heavy atom. The van der Waals surface area contributed by atoms with Crippen LogP contribution in [-0.4, -0.2) is 90.2 Å². The zero-order valence-corrected chi connectivity index (χ0v) is 32.9. The van der Waals surface area contributed by atoms with E-state index in [2.05, 4.69) is 50.7 Å². The number of fused-ring (bicyclic) bond motifs is 8. The highest BCUT2D eigenvalue weighted by Crippen LogP contribution is 2.66. The van der Waals surface area contributed by atoms with Crippen LogP contribution in [0.25, 0.3) is 0 Å². The van der Waals surface area contributed by atoms with Crippen molar-refractivity contribution in [2.75, 3.05) is 13.7 Å². The first kappa shape index (κ1) is 38.0. The first-order valence-electron chi connectivity index (χ1n) is 16.8. The van der Waals surface area contributed by atoms with Crippen molar-refractivity contribution in [3.8, 4) is 0 Å². The largest absolute Gasteiger partial charge is 0.456 e. The zero-order valence-electron chi connectivity index (χ0n) is 30.1. The van der Waals surface area contributed by atoms with Crippen molar-refractivity contribution in [3.63, 3.8) is 0 Å². The topological polar surface area (TPSA) is 146 Å². The summed E-state index contributed by atoms with van der Waals surface area (Å²) in [5, 5.41) is 20.8. The summed E-state index contributed by atoms with van der Waals surface area (Å²) in [5.74, 6) is -3.20. The fraction of sp³-hybridized carbons (Fsp3) is 0.629. The SMILES string of the molecule is S=PI.[3H]O[C@@H](C(=O)O[C@H]1C[C@@]2(O)[C@@H](C)[C@H]3[C@@](C)(C=C[C@H]4OC[C@]43OC(C)=O)[C@@H]3O[C@H](C=C)O[C@@H]3C(=C1C)C2(C)C)[C@@H](NC)c1ncccc1F. The Bertz CT molecular complexity index is 1620. The number of ether oxygens (including phenoxy) is 5. The van der Waals surface area contributed by atoms with Gasteiger partial charge >= 0.3 is 11.9 Å². The summed E-state index contributed by atoms with van der Waals surface area (Å²) in [5.41, 5.74) is -3.18. The van der Waals surface area contributed by atoms with Crippen molar-refractivity contribution in [1.82, 2.24) is 10.3 Å². The molecule has 0 radical (unpaired) electrons. The summed E-state index contributed by atoms with van der Waals surface area (Å²) in [6.45, 7) is 15.1.